The zero-order chi connectivity index (χ0) is 13.7. The predicted molar refractivity (Wildman–Crippen MR) is 72.2 cm³/mol. The van der Waals surface area contributed by atoms with Crippen molar-refractivity contribution in [1.82, 2.24) is 0 Å². The fourth-order valence-corrected chi connectivity index (χ4v) is 1.14. The SMILES string of the molecule is CC.CC.OCC(O)CCc1ccccc1O. The molecular formula is C14H26O3. The summed E-state index contributed by atoms with van der Waals surface area (Å²) in [4.78, 5) is 0. The van der Waals surface area contributed by atoms with Gasteiger partial charge in [-0.15, -0.1) is 0 Å². The lowest BCUT2D eigenvalue weighted by molar-refractivity contribution is 0.0884. The summed E-state index contributed by atoms with van der Waals surface area (Å²) in [5, 5.41) is 27.0. The summed E-state index contributed by atoms with van der Waals surface area (Å²) < 4.78 is 0. The van der Waals surface area contributed by atoms with Crippen LogP contribution in [0.3, 0.4) is 0 Å². The lowest BCUT2D eigenvalue weighted by atomic mass is 10.1. The Labute approximate surface area is 105 Å². The van der Waals surface area contributed by atoms with E-state index < -0.39 is 6.10 Å². The molecule has 0 heterocycles. The van der Waals surface area contributed by atoms with Gasteiger partial charge in [0.15, 0.2) is 0 Å². The van der Waals surface area contributed by atoms with Crippen LogP contribution in [0.25, 0.3) is 0 Å². The highest BCUT2D eigenvalue weighted by Crippen LogP contribution is 2.17. The number of benzene rings is 1. The number of aromatic hydroxyl groups is 1. The maximum absolute atomic E-state index is 9.35. The molecule has 100 valence electrons. The minimum atomic E-state index is -0.695. The van der Waals surface area contributed by atoms with Gasteiger partial charge in [-0.1, -0.05) is 45.9 Å². The van der Waals surface area contributed by atoms with E-state index in [2.05, 4.69) is 0 Å². The molecule has 0 fully saturated rings. The van der Waals surface area contributed by atoms with E-state index in [9.17, 15) is 5.11 Å². The average molecular weight is 242 g/mol. The number of hydrogen-bond donors (Lipinski definition) is 3. The maximum Gasteiger partial charge on any atom is 0.118 e. The molecule has 1 aromatic rings. The van der Waals surface area contributed by atoms with Crippen molar-refractivity contribution in [3.8, 4) is 5.75 Å². The number of aliphatic hydroxyl groups excluding tert-OH is 2. The maximum atomic E-state index is 9.35. The van der Waals surface area contributed by atoms with Crippen molar-refractivity contribution in [1.29, 1.82) is 0 Å². The van der Waals surface area contributed by atoms with E-state index >= 15 is 0 Å². The van der Waals surface area contributed by atoms with Gasteiger partial charge in [-0.3, -0.25) is 0 Å². The Balaban J connectivity index is 0. The Kier molecular flexibility index (Phi) is 14.0. The molecule has 0 amide bonds. The highest BCUT2D eigenvalue weighted by Gasteiger charge is 2.04. The monoisotopic (exact) mass is 242 g/mol. The summed E-state index contributed by atoms with van der Waals surface area (Å²) in [5.41, 5.74) is 0.801. The second kappa shape index (κ2) is 13.0. The number of aryl methyl sites for hydroxylation is 1. The Morgan fingerprint density at radius 3 is 2.06 bits per heavy atom. The summed E-state index contributed by atoms with van der Waals surface area (Å²) >= 11 is 0. The van der Waals surface area contributed by atoms with Crippen molar-refractivity contribution >= 4 is 0 Å². The number of hydrogen-bond acceptors (Lipinski definition) is 3. The van der Waals surface area contributed by atoms with Crippen LogP contribution in [-0.4, -0.2) is 28.0 Å². The molecule has 0 aromatic heterocycles. The van der Waals surface area contributed by atoms with Gasteiger partial charge in [-0.05, 0) is 24.5 Å². The predicted octanol–water partition coefficient (Wildman–Crippen LogP) is 2.73. The molecular weight excluding hydrogens is 216 g/mol. The molecule has 0 radical (unpaired) electrons. The third kappa shape index (κ3) is 8.72. The van der Waals surface area contributed by atoms with E-state index in [0.717, 1.165) is 5.56 Å². The van der Waals surface area contributed by atoms with Crippen molar-refractivity contribution in [2.24, 2.45) is 0 Å². The fourth-order valence-electron chi connectivity index (χ4n) is 1.14. The van der Waals surface area contributed by atoms with Crippen molar-refractivity contribution in [3.63, 3.8) is 0 Å². The van der Waals surface area contributed by atoms with Crippen LogP contribution in [0, 0.1) is 0 Å². The highest BCUT2D eigenvalue weighted by molar-refractivity contribution is 5.31. The van der Waals surface area contributed by atoms with Crippen LogP contribution in [0.2, 0.25) is 0 Å². The van der Waals surface area contributed by atoms with Crippen molar-refractivity contribution in [2.45, 2.75) is 46.6 Å². The first-order chi connectivity index (χ1) is 8.24. The molecule has 0 saturated heterocycles. The van der Waals surface area contributed by atoms with E-state index in [1.165, 1.54) is 0 Å². The Morgan fingerprint density at radius 2 is 1.59 bits per heavy atom. The average Bonchev–Trinajstić information content (AvgIpc) is 2.42. The third-order valence-corrected chi connectivity index (χ3v) is 1.95. The molecule has 1 rings (SSSR count). The molecule has 0 aliphatic rings. The Hall–Kier alpha value is -1.06. The molecule has 3 N–H and O–H groups in total. The van der Waals surface area contributed by atoms with Crippen LogP contribution in [0.4, 0.5) is 0 Å². The minimum Gasteiger partial charge on any atom is -0.508 e. The smallest absolute Gasteiger partial charge is 0.118 e. The minimum absolute atomic E-state index is 0.229. The van der Waals surface area contributed by atoms with E-state index in [1.54, 1.807) is 18.2 Å². The molecule has 3 nitrogen and oxygen atoms in total. The van der Waals surface area contributed by atoms with Gasteiger partial charge < -0.3 is 15.3 Å². The first-order valence-electron chi connectivity index (χ1n) is 6.30. The summed E-state index contributed by atoms with van der Waals surface area (Å²) in [6.07, 6.45) is 0.349. The molecule has 0 saturated carbocycles. The van der Waals surface area contributed by atoms with Crippen LogP contribution < -0.4 is 0 Å². The van der Waals surface area contributed by atoms with Gasteiger partial charge in [0.25, 0.3) is 0 Å². The second-order valence-corrected chi connectivity index (χ2v) is 3.00. The summed E-state index contributed by atoms with van der Waals surface area (Å²) in [7, 11) is 0. The largest absolute Gasteiger partial charge is 0.508 e. The normalized spacial score (nSPS) is 10.5. The summed E-state index contributed by atoms with van der Waals surface area (Å²) in [5.74, 6) is 0.243. The molecule has 0 aliphatic heterocycles. The Morgan fingerprint density at radius 1 is 1.06 bits per heavy atom. The fraction of sp³-hybridized carbons (Fsp3) is 0.571. The molecule has 17 heavy (non-hydrogen) atoms. The number of para-hydroxylation sites is 1. The van der Waals surface area contributed by atoms with Crippen molar-refractivity contribution < 1.29 is 15.3 Å². The first kappa shape index (κ1) is 18.3. The van der Waals surface area contributed by atoms with Gasteiger partial charge in [0, 0.05) is 0 Å². The number of rotatable bonds is 4. The standard InChI is InChI=1S/C10H14O3.2C2H6/c11-7-9(12)6-5-8-3-1-2-4-10(8)13;2*1-2/h1-4,9,11-13H,5-7H2;2*1-2H3. The molecule has 3 heteroatoms. The van der Waals surface area contributed by atoms with Crippen LogP contribution in [-0.2, 0) is 6.42 Å². The summed E-state index contributed by atoms with van der Waals surface area (Å²) in [6, 6.07) is 7.00. The van der Waals surface area contributed by atoms with Gasteiger partial charge in [0.1, 0.15) is 5.75 Å². The second-order valence-electron chi connectivity index (χ2n) is 3.00. The van der Waals surface area contributed by atoms with Gasteiger partial charge in [0.05, 0.1) is 12.7 Å². The van der Waals surface area contributed by atoms with Gasteiger partial charge in [-0.25, -0.2) is 0 Å². The van der Waals surface area contributed by atoms with Crippen molar-refractivity contribution in [2.75, 3.05) is 6.61 Å². The van der Waals surface area contributed by atoms with Crippen LogP contribution >= 0.6 is 0 Å². The lowest BCUT2D eigenvalue weighted by Gasteiger charge is -2.07. The lowest BCUT2D eigenvalue weighted by Crippen LogP contribution is -2.12. The molecule has 1 unspecified atom stereocenters. The number of phenols is 1. The van der Waals surface area contributed by atoms with E-state index in [1.807, 2.05) is 33.8 Å². The first-order valence-corrected chi connectivity index (χ1v) is 6.30. The van der Waals surface area contributed by atoms with Crippen molar-refractivity contribution in [3.05, 3.63) is 29.8 Å². The molecule has 1 atom stereocenters. The van der Waals surface area contributed by atoms with Gasteiger partial charge in [-0.2, -0.15) is 0 Å². The molecule has 0 spiro atoms. The molecule has 0 bridgehead atoms. The highest BCUT2D eigenvalue weighted by atomic mass is 16.3. The molecule has 1 aromatic carbocycles. The topological polar surface area (TPSA) is 60.7 Å². The van der Waals surface area contributed by atoms with Gasteiger partial charge >= 0.3 is 0 Å². The van der Waals surface area contributed by atoms with E-state index in [0.29, 0.717) is 12.8 Å². The van der Waals surface area contributed by atoms with E-state index in [-0.39, 0.29) is 12.4 Å². The summed E-state index contributed by atoms with van der Waals surface area (Å²) in [6.45, 7) is 7.77. The Bertz CT molecular complexity index is 261. The quantitative estimate of drug-likeness (QED) is 0.761. The van der Waals surface area contributed by atoms with Crippen LogP contribution in [0.5, 0.6) is 5.75 Å². The number of aliphatic hydroxyl groups is 2. The van der Waals surface area contributed by atoms with Crippen LogP contribution in [0.1, 0.15) is 39.7 Å². The third-order valence-electron chi connectivity index (χ3n) is 1.95. The van der Waals surface area contributed by atoms with Crippen LogP contribution in [0.15, 0.2) is 24.3 Å². The van der Waals surface area contributed by atoms with E-state index in [4.69, 9.17) is 10.2 Å². The molecule has 0 aliphatic carbocycles. The number of phenolic OH excluding ortho intramolecular Hbond substituents is 1. The zero-order valence-electron chi connectivity index (χ0n) is 11.3. The van der Waals surface area contributed by atoms with Gasteiger partial charge in [0.2, 0.25) is 0 Å². The zero-order valence-corrected chi connectivity index (χ0v) is 11.3.